The fourth-order valence-corrected chi connectivity index (χ4v) is 2.04. The van der Waals surface area contributed by atoms with Gasteiger partial charge in [0.2, 0.25) is 0 Å². The van der Waals surface area contributed by atoms with Crippen molar-refractivity contribution in [3.8, 4) is 5.75 Å². The van der Waals surface area contributed by atoms with Gasteiger partial charge in [0.15, 0.2) is 5.96 Å². The monoisotopic (exact) mass is 353 g/mol. The molecule has 1 aromatic rings. The predicted molar refractivity (Wildman–Crippen MR) is 96.3 cm³/mol. The molecule has 2 N–H and O–H groups in total. The molecular weight excluding hydrogens is 325 g/mol. The number of nitrogens with one attached hydrogen (secondary N) is 2. The molecule has 0 amide bonds. The van der Waals surface area contributed by atoms with Crippen LogP contribution < -0.4 is 15.4 Å². The number of hydrogen-bond donors (Lipinski definition) is 2. The highest BCUT2D eigenvalue weighted by atomic mass is 19.1. The highest BCUT2D eigenvalue weighted by molar-refractivity contribution is 5.80. The SMILES string of the molecule is CCC(CNC(=NC)NCCC(=O)OC(C)C)Oc1cccc(F)c1. The first-order valence-corrected chi connectivity index (χ1v) is 8.50. The first kappa shape index (κ1) is 20.7. The number of halogens is 1. The maximum Gasteiger partial charge on any atom is 0.307 e. The summed E-state index contributed by atoms with van der Waals surface area (Å²) in [7, 11) is 1.65. The number of carbonyl (C=O) groups excluding carboxylic acids is 1. The summed E-state index contributed by atoms with van der Waals surface area (Å²) in [5.41, 5.74) is 0. The molecule has 1 unspecified atom stereocenters. The van der Waals surface area contributed by atoms with Crippen molar-refractivity contribution in [2.45, 2.75) is 45.8 Å². The van der Waals surface area contributed by atoms with E-state index in [4.69, 9.17) is 9.47 Å². The Bertz CT molecular complexity index is 564. The minimum atomic E-state index is -0.328. The Morgan fingerprint density at radius 1 is 1.32 bits per heavy atom. The van der Waals surface area contributed by atoms with Gasteiger partial charge in [-0.25, -0.2) is 4.39 Å². The van der Waals surface area contributed by atoms with Crippen molar-refractivity contribution in [1.82, 2.24) is 10.6 Å². The zero-order valence-electron chi connectivity index (χ0n) is 15.3. The van der Waals surface area contributed by atoms with E-state index in [0.717, 1.165) is 6.42 Å². The van der Waals surface area contributed by atoms with Crippen LogP contribution in [-0.4, -0.2) is 44.3 Å². The van der Waals surface area contributed by atoms with Crippen molar-refractivity contribution < 1.29 is 18.7 Å². The van der Waals surface area contributed by atoms with E-state index < -0.39 is 0 Å². The van der Waals surface area contributed by atoms with E-state index in [1.165, 1.54) is 12.1 Å². The fourth-order valence-electron chi connectivity index (χ4n) is 2.04. The predicted octanol–water partition coefficient (Wildman–Crippen LogP) is 2.49. The van der Waals surface area contributed by atoms with Crippen LogP contribution in [0.5, 0.6) is 5.75 Å². The molecular formula is C18H28FN3O3. The van der Waals surface area contributed by atoms with E-state index in [-0.39, 0.29) is 30.4 Å². The van der Waals surface area contributed by atoms with E-state index in [1.54, 1.807) is 19.2 Å². The van der Waals surface area contributed by atoms with Gasteiger partial charge in [-0.3, -0.25) is 9.79 Å². The topological polar surface area (TPSA) is 72.0 Å². The molecule has 0 saturated heterocycles. The smallest absolute Gasteiger partial charge is 0.307 e. The van der Waals surface area contributed by atoms with Crippen LogP contribution in [0.2, 0.25) is 0 Å². The van der Waals surface area contributed by atoms with Gasteiger partial charge in [0.1, 0.15) is 17.7 Å². The van der Waals surface area contributed by atoms with Crippen molar-refractivity contribution in [2.24, 2.45) is 4.99 Å². The Morgan fingerprint density at radius 2 is 2.08 bits per heavy atom. The maximum atomic E-state index is 13.2. The van der Waals surface area contributed by atoms with Crippen molar-refractivity contribution in [3.05, 3.63) is 30.1 Å². The van der Waals surface area contributed by atoms with Crippen LogP contribution in [0, 0.1) is 5.82 Å². The zero-order chi connectivity index (χ0) is 18.7. The molecule has 0 aliphatic rings. The summed E-state index contributed by atoms with van der Waals surface area (Å²) in [4.78, 5) is 15.6. The first-order chi connectivity index (χ1) is 11.9. The molecule has 7 heteroatoms. The standard InChI is InChI=1S/C18H28FN3O3/c1-5-15(25-16-8-6-7-14(19)11-16)12-22-18(20-4)21-10-9-17(23)24-13(2)3/h6-8,11,13,15H,5,9-10,12H2,1-4H3,(H2,20,21,22). The second-order valence-electron chi connectivity index (χ2n) is 5.77. The van der Waals surface area contributed by atoms with Crippen molar-refractivity contribution in [3.63, 3.8) is 0 Å². The molecule has 1 rings (SSSR count). The Hall–Kier alpha value is -2.31. The lowest BCUT2D eigenvalue weighted by molar-refractivity contribution is -0.147. The van der Waals surface area contributed by atoms with Gasteiger partial charge in [-0.15, -0.1) is 0 Å². The first-order valence-electron chi connectivity index (χ1n) is 8.50. The summed E-state index contributed by atoms with van der Waals surface area (Å²) < 4.78 is 24.0. The van der Waals surface area contributed by atoms with Gasteiger partial charge in [-0.05, 0) is 32.4 Å². The zero-order valence-corrected chi connectivity index (χ0v) is 15.3. The van der Waals surface area contributed by atoms with Crippen LogP contribution in [0.1, 0.15) is 33.6 Å². The third-order valence-corrected chi connectivity index (χ3v) is 3.26. The van der Waals surface area contributed by atoms with Gasteiger partial charge in [0.25, 0.3) is 0 Å². The number of ether oxygens (including phenoxy) is 2. The third-order valence-electron chi connectivity index (χ3n) is 3.26. The number of esters is 1. The molecule has 0 aliphatic heterocycles. The second kappa shape index (κ2) is 11.3. The van der Waals surface area contributed by atoms with Gasteiger partial charge >= 0.3 is 5.97 Å². The molecule has 0 radical (unpaired) electrons. The lowest BCUT2D eigenvalue weighted by Gasteiger charge is -2.20. The number of hydrogen-bond acceptors (Lipinski definition) is 4. The number of guanidine groups is 1. The second-order valence-corrected chi connectivity index (χ2v) is 5.77. The number of aliphatic imine (C=N–C) groups is 1. The quantitative estimate of drug-likeness (QED) is 0.405. The molecule has 1 aromatic carbocycles. The van der Waals surface area contributed by atoms with Crippen LogP contribution in [0.15, 0.2) is 29.3 Å². The number of benzene rings is 1. The van der Waals surface area contributed by atoms with Gasteiger partial charge in [0, 0.05) is 19.7 Å². The summed E-state index contributed by atoms with van der Waals surface area (Å²) >= 11 is 0. The van der Waals surface area contributed by atoms with E-state index in [1.807, 2.05) is 20.8 Å². The lowest BCUT2D eigenvalue weighted by Crippen LogP contribution is -2.43. The van der Waals surface area contributed by atoms with E-state index >= 15 is 0 Å². The molecule has 0 fully saturated rings. The molecule has 0 aromatic heterocycles. The number of nitrogens with zero attached hydrogens (tertiary/aromatic N) is 1. The highest BCUT2D eigenvalue weighted by Gasteiger charge is 2.10. The summed E-state index contributed by atoms with van der Waals surface area (Å²) in [5, 5.41) is 6.19. The molecule has 0 bridgehead atoms. The molecule has 0 saturated carbocycles. The van der Waals surface area contributed by atoms with Crippen molar-refractivity contribution in [2.75, 3.05) is 20.1 Å². The average molecular weight is 353 g/mol. The van der Waals surface area contributed by atoms with Crippen LogP contribution in [0.3, 0.4) is 0 Å². The van der Waals surface area contributed by atoms with E-state index in [2.05, 4.69) is 15.6 Å². The average Bonchev–Trinajstić information content (AvgIpc) is 2.56. The van der Waals surface area contributed by atoms with Crippen LogP contribution >= 0.6 is 0 Å². The third kappa shape index (κ3) is 8.93. The van der Waals surface area contributed by atoms with Crippen molar-refractivity contribution >= 4 is 11.9 Å². The Kier molecular flexibility index (Phi) is 9.36. The van der Waals surface area contributed by atoms with Crippen LogP contribution in [-0.2, 0) is 9.53 Å². The van der Waals surface area contributed by atoms with Crippen LogP contribution in [0.4, 0.5) is 4.39 Å². The normalized spacial score (nSPS) is 12.6. The number of rotatable bonds is 9. The van der Waals surface area contributed by atoms with E-state index in [9.17, 15) is 9.18 Å². The molecule has 140 valence electrons. The molecule has 0 aliphatic carbocycles. The molecule has 0 spiro atoms. The summed E-state index contributed by atoms with van der Waals surface area (Å²) in [6, 6.07) is 6.07. The lowest BCUT2D eigenvalue weighted by atomic mass is 10.2. The summed E-state index contributed by atoms with van der Waals surface area (Å²) in [6.07, 6.45) is 0.762. The largest absolute Gasteiger partial charge is 0.489 e. The fraction of sp³-hybridized carbons (Fsp3) is 0.556. The summed E-state index contributed by atoms with van der Waals surface area (Å²) in [5.74, 6) is 0.483. The highest BCUT2D eigenvalue weighted by Crippen LogP contribution is 2.14. The van der Waals surface area contributed by atoms with Crippen LogP contribution in [0.25, 0.3) is 0 Å². The Morgan fingerprint density at radius 3 is 2.68 bits per heavy atom. The minimum Gasteiger partial charge on any atom is -0.489 e. The summed E-state index contributed by atoms with van der Waals surface area (Å²) in [6.45, 7) is 6.55. The molecule has 0 heterocycles. The molecule has 6 nitrogen and oxygen atoms in total. The van der Waals surface area contributed by atoms with Gasteiger partial charge < -0.3 is 20.1 Å². The van der Waals surface area contributed by atoms with E-state index in [0.29, 0.717) is 24.8 Å². The molecule has 25 heavy (non-hydrogen) atoms. The maximum absolute atomic E-state index is 13.2. The van der Waals surface area contributed by atoms with Gasteiger partial charge in [-0.2, -0.15) is 0 Å². The minimum absolute atomic E-state index is 0.116. The molecule has 1 atom stereocenters. The van der Waals surface area contributed by atoms with Gasteiger partial charge in [-0.1, -0.05) is 13.0 Å². The van der Waals surface area contributed by atoms with Crippen molar-refractivity contribution in [1.29, 1.82) is 0 Å². The Labute approximate surface area is 148 Å². The number of carbonyl (C=O) groups is 1. The van der Waals surface area contributed by atoms with Gasteiger partial charge in [0.05, 0.1) is 19.1 Å². The Balaban J connectivity index is 2.37.